The zero-order valence-corrected chi connectivity index (χ0v) is 9.37. The standard InChI is InChI=1S/C12H18NO/c1-9-7-10-8-11(14-4)5-6-12(10)13(9,2)3/h5-6,8-9H,7H2,1-4H3/q+1. The van der Waals surface area contributed by atoms with Crippen LogP contribution in [0.5, 0.6) is 5.75 Å². The van der Waals surface area contributed by atoms with Crippen molar-refractivity contribution in [1.82, 2.24) is 4.48 Å². The molecule has 1 unspecified atom stereocenters. The van der Waals surface area contributed by atoms with Gasteiger partial charge in [-0.1, -0.05) is 0 Å². The zero-order chi connectivity index (χ0) is 10.3. The van der Waals surface area contributed by atoms with Gasteiger partial charge in [0.15, 0.2) is 0 Å². The van der Waals surface area contributed by atoms with Crippen LogP contribution < -0.4 is 9.22 Å². The van der Waals surface area contributed by atoms with Crippen molar-refractivity contribution in [3.63, 3.8) is 0 Å². The minimum Gasteiger partial charge on any atom is -0.497 e. The summed E-state index contributed by atoms with van der Waals surface area (Å²) in [6.07, 6.45) is 1.15. The summed E-state index contributed by atoms with van der Waals surface area (Å²) in [7, 11) is 6.26. The maximum atomic E-state index is 5.24. The number of nitrogens with zero attached hydrogens (tertiary/aromatic N) is 1. The summed E-state index contributed by atoms with van der Waals surface area (Å²) >= 11 is 0. The van der Waals surface area contributed by atoms with E-state index in [4.69, 9.17) is 4.74 Å². The Morgan fingerprint density at radius 2 is 2.07 bits per heavy atom. The summed E-state index contributed by atoms with van der Waals surface area (Å²) in [6, 6.07) is 7.07. The van der Waals surface area contributed by atoms with E-state index in [0.717, 1.165) is 16.7 Å². The summed E-state index contributed by atoms with van der Waals surface area (Å²) in [5, 5.41) is 0. The average molecular weight is 192 g/mol. The van der Waals surface area contributed by atoms with Crippen LogP contribution in [0.1, 0.15) is 12.5 Å². The first-order chi connectivity index (χ1) is 6.55. The molecule has 2 heteroatoms. The second-order valence-electron chi connectivity index (χ2n) is 4.59. The number of rotatable bonds is 1. The maximum Gasteiger partial charge on any atom is 0.136 e. The molecule has 0 aliphatic carbocycles. The third kappa shape index (κ3) is 1.22. The lowest BCUT2D eigenvalue weighted by molar-refractivity contribution is 0.337. The summed E-state index contributed by atoms with van der Waals surface area (Å²) in [6.45, 7) is 2.30. The quantitative estimate of drug-likeness (QED) is 0.620. The summed E-state index contributed by atoms with van der Waals surface area (Å²) < 4.78 is 6.22. The predicted octanol–water partition coefficient (Wildman–Crippen LogP) is 2.21. The third-order valence-corrected chi connectivity index (χ3v) is 3.52. The molecule has 0 saturated carbocycles. The molecule has 0 bridgehead atoms. The van der Waals surface area contributed by atoms with Crippen molar-refractivity contribution in [3.8, 4) is 5.75 Å². The highest BCUT2D eigenvalue weighted by atomic mass is 16.5. The highest BCUT2D eigenvalue weighted by molar-refractivity contribution is 5.57. The van der Waals surface area contributed by atoms with E-state index in [1.54, 1.807) is 7.11 Å². The molecule has 1 atom stereocenters. The lowest BCUT2D eigenvalue weighted by Gasteiger charge is -2.29. The van der Waals surface area contributed by atoms with Gasteiger partial charge in [0.05, 0.1) is 27.2 Å². The van der Waals surface area contributed by atoms with Crippen molar-refractivity contribution < 1.29 is 4.74 Å². The largest absolute Gasteiger partial charge is 0.497 e. The first kappa shape index (κ1) is 9.53. The molecule has 1 aliphatic rings. The molecule has 0 saturated heterocycles. The first-order valence-corrected chi connectivity index (χ1v) is 5.07. The number of quaternary nitrogens is 1. The second kappa shape index (κ2) is 2.99. The SMILES string of the molecule is COc1ccc2c(c1)CC(C)[N+]2(C)C. The van der Waals surface area contributed by atoms with E-state index in [2.05, 4.69) is 39.2 Å². The molecular weight excluding hydrogens is 174 g/mol. The lowest BCUT2D eigenvalue weighted by atomic mass is 10.1. The Labute approximate surface area is 85.7 Å². The summed E-state index contributed by atoms with van der Waals surface area (Å²) in [4.78, 5) is 0. The fourth-order valence-corrected chi connectivity index (χ4v) is 2.20. The molecule has 0 N–H and O–H groups in total. The van der Waals surface area contributed by atoms with Crippen molar-refractivity contribution in [1.29, 1.82) is 0 Å². The van der Waals surface area contributed by atoms with Crippen molar-refractivity contribution in [3.05, 3.63) is 23.8 Å². The maximum absolute atomic E-state index is 5.24. The molecule has 2 rings (SSSR count). The van der Waals surface area contributed by atoms with Crippen LogP contribution in [0.3, 0.4) is 0 Å². The molecule has 0 fully saturated rings. The van der Waals surface area contributed by atoms with Gasteiger partial charge in [0.1, 0.15) is 11.4 Å². The van der Waals surface area contributed by atoms with E-state index in [1.165, 1.54) is 11.3 Å². The van der Waals surface area contributed by atoms with Gasteiger partial charge in [0, 0.05) is 18.1 Å². The van der Waals surface area contributed by atoms with Crippen LogP contribution in [-0.2, 0) is 6.42 Å². The third-order valence-electron chi connectivity index (χ3n) is 3.52. The van der Waals surface area contributed by atoms with Crippen LogP contribution in [0.25, 0.3) is 0 Å². The van der Waals surface area contributed by atoms with E-state index < -0.39 is 0 Å². The molecule has 76 valence electrons. The highest BCUT2D eigenvalue weighted by Crippen LogP contribution is 2.37. The van der Waals surface area contributed by atoms with Gasteiger partial charge in [-0.25, -0.2) is 0 Å². The predicted molar refractivity (Wildman–Crippen MR) is 59.8 cm³/mol. The smallest absolute Gasteiger partial charge is 0.136 e. The fourth-order valence-electron chi connectivity index (χ4n) is 2.20. The number of fused-ring (bicyclic) bond motifs is 1. The number of hydrogen-bond acceptors (Lipinski definition) is 1. The Kier molecular flexibility index (Phi) is 2.04. The van der Waals surface area contributed by atoms with Crippen molar-refractivity contribution in [2.45, 2.75) is 19.4 Å². The Bertz CT molecular complexity index is 357. The fraction of sp³-hybridized carbons (Fsp3) is 0.500. The number of benzene rings is 1. The van der Waals surface area contributed by atoms with Crippen LogP contribution in [0.15, 0.2) is 18.2 Å². The minimum atomic E-state index is 0.664. The zero-order valence-electron chi connectivity index (χ0n) is 9.37. The summed E-state index contributed by atoms with van der Waals surface area (Å²) in [5.41, 5.74) is 2.86. The van der Waals surface area contributed by atoms with Gasteiger partial charge in [-0.2, -0.15) is 0 Å². The van der Waals surface area contributed by atoms with Crippen LogP contribution >= 0.6 is 0 Å². The number of likely N-dealkylation sites (N-methyl/N-ethyl adjacent to an activating group) is 1. The van der Waals surface area contributed by atoms with E-state index in [-0.39, 0.29) is 0 Å². The van der Waals surface area contributed by atoms with Gasteiger partial charge < -0.3 is 4.74 Å². The van der Waals surface area contributed by atoms with Gasteiger partial charge in [-0.3, -0.25) is 4.48 Å². The van der Waals surface area contributed by atoms with Crippen LogP contribution in [0.2, 0.25) is 0 Å². The van der Waals surface area contributed by atoms with Gasteiger partial charge in [-0.15, -0.1) is 0 Å². The average Bonchev–Trinajstić information content (AvgIpc) is 2.38. The van der Waals surface area contributed by atoms with Gasteiger partial charge in [0.2, 0.25) is 0 Å². The van der Waals surface area contributed by atoms with Crippen molar-refractivity contribution >= 4 is 5.69 Å². The molecule has 0 amide bonds. The van der Waals surface area contributed by atoms with E-state index in [0.29, 0.717) is 6.04 Å². The lowest BCUT2D eigenvalue weighted by Crippen LogP contribution is -2.45. The number of ether oxygens (including phenoxy) is 1. The topological polar surface area (TPSA) is 9.23 Å². The van der Waals surface area contributed by atoms with Crippen molar-refractivity contribution in [2.75, 3.05) is 21.2 Å². The van der Waals surface area contributed by atoms with Gasteiger partial charge in [0.25, 0.3) is 0 Å². The molecule has 1 aliphatic heterocycles. The highest BCUT2D eigenvalue weighted by Gasteiger charge is 2.36. The number of methoxy groups -OCH3 is 1. The molecule has 1 aromatic rings. The molecule has 1 aromatic carbocycles. The monoisotopic (exact) mass is 192 g/mol. The molecule has 2 nitrogen and oxygen atoms in total. The van der Waals surface area contributed by atoms with Gasteiger partial charge >= 0.3 is 0 Å². The molecule has 0 spiro atoms. The second-order valence-corrected chi connectivity index (χ2v) is 4.59. The Balaban J connectivity index is 2.48. The molecule has 0 radical (unpaired) electrons. The van der Waals surface area contributed by atoms with E-state index in [1.807, 2.05) is 0 Å². The minimum absolute atomic E-state index is 0.664. The van der Waals surface area contributed by atoms with Crippen LogP contribution in [0.4, 0.5) is 5.69 Å². The molecule has 14 heavy (non-hydrogen) atoms. The van der Waals surface area contributed by atoms with Gasteiger partial charge in [-0.05, 0) is 19.1 Å². The molecule has 0 aromatic heterocycles. The van der Waals surface area contributed by atoms with Crippen molar-refractivity contribution in [2.24, 2.45) is 0 Å². The molecular formula is C12H18NO+. The van der Waals surface area contributed by atoms with Crippen LogP contribution in [-0.4, -0.2) is 27.2 Å². The Morgan fingerprint density at radius 1 is 1.36 bits per heavy atom. The van der Waals surface area contributed by atoms with E-state index >= 15 is 0 Å². The Hall–Kier alpha value is -1.02. The summed E-state index contributed by atoms with van der Waals surface area (Å²) in [5.74, 6) is 0.970. The Morgan fingerprint density at radius 3 is 2.71 bits per heavy atom. The van der Waals surface area contributed by atoms with E-state index in [9.17, 15) is 0 Å². The molecule has 1 heterocycles. The van der Waals surface area contributed by atoms with Crippen LogP contribution in [0, 0.1) is 0 Å². The normalized spacial score (nSPS) is 23.3. The first-order valence-electron chi connectivity index (χ1n) is 5.07. The number of hydrogen-bond donors (Lipinski definition) is 0.